The Hall–Kier alpha value is -2.14. The molecule has 1 amide bonds. The van der Waals surface area contributed by atoms with E-state index in [0.717, 1.165) is 5.56 Å². The normalized spacial score (nSPS) is 12.1. The van der Waals surface area contributed by atoms with Crippen LogP contribution in [-0.4, -0.2) is 10.9 Å². The van der Waals surface area contributed by atoms with Gasteiger partial charge in [-0.1, -0.05) is 0 Å². The zero-order valence-corrected chi connectivity index (χ0v) is 10.1. The molecule has 0 saturated carbocycles. The van der Waals surface area contributed by atoms with Gasteiger partial charge in [0.15, 0.2) is 5.76 Å². The Morgan fingerprint density at radius 2 is 2.11 bits per heavy atom. The zero-order chi connectivity index (χ0) is 13.0. The van der Waals surface area contributed by atoms with E-state index in [-0.39, 0.29) is 24.3 Å². The first-order valence-corrected chi connectivity index (χ1v) is 5.70. The molecule has 0 aromatic carbocycles. The molecule has 1 atom stereocenters. The van der Waals surface area contributed by atoms with E-state index in [1.54, 1.807) is 24.5 Å². The van der Waals surface area contributed by atoms with Crippen LogP contribution in [0.15, 0.2) is 41.1 Å². The van der Waals surface area contributed by atoms with Crippen LogP contribution in [0.25, 0.3) is 0 Å². The molecule has 0 radical (unpaired) electrons. The summed E-state index contributed by atoms with van der Waals surface area (Å²) in [5.74, 6) is 0.618. The van der Waals surface area contributed by atoms with E-state index in [0.29, 0.717) is 5.76 Å². The van der Waals surface area contributed by atoms with E-state index in [1.165, 1.54) is 0 Å². The highest BCUT2D eigenvalue weighted by Crippen LogP contribution is 2.13. The molecule has 0 saturated heterocycles. The number of nitrogens with two attached hydrogens (primary N) is 1. The monoisotopic (exact) mass is 245 g/mol. The molecule has 0 aliphatic rings. The Balaban J connectivity index is 2.03. The summed E-state index contributed by atoms with van der Waals surface area (Å²) < 4.78 is 5.28. The summed E-state index contributed by atoms with van der Waals surface area (Å²) in [5.41, 5.74) is 6.41. The Bertz CT molecular complexity index is 522. The highest BCUT2D eigenvalue weighted by molar-refractivity contribution is 5.91. The molecule has 0 fully saturated rings. The molecule has 0 bridgehead atoms. The predicted octanol–water partition coefficient (Wildman–Crippen LogP) is 1.62. The van der Waals surface area contributed by atoms with Gasteiger partial charge in [0.1, 0.15) is 5.76 Å². The third-order valence-electron chi connectivity index (χ3n) is 2.64. The summed E-state index contributed by atoms with van der Waals surface area (Å²) in [7, 11) is 0. The molecule has 5 nitrogen and oxygen atoms in total. The van der Waals surface area contributed by atoms with Crippen molar-refractivity contribution in [1.82, 2.24) is 10.3 Å². The van der Waals surface area contributed by atoms with E-state index in [9.17, 15) is 4.79 Å². The number of rotatable bonds is 4. The maximum atomic E-state index is 11.9. The van der Waals surface area contributed by atoms with Crippen LogP contribution in [0, 0.1) is 0 Å². The molecule has 0 unspecified atom stereocenters. The first-order chi connectivity index (χ1) is 8.70. The minimum absolute atomic E-state index is 0.105. The second kappa shape index (κ2) is 5.46. The summed E-state index contributed by atoms with van der Waals surface area (Å²) in [6, 6.07) is 6.94. The Kier molecular flexibility index (Phi) is 3.74. The maximum absolute atomic E-state index is 11.9. The van der Waals surface area contributed by atoms with Gasteiger partial charge in [-0.05, 0) is 36.8 Å². The molecule has 3 N–H and O–H groups in total. The number of nitrogens with one attached hydrogen (secondary N) is 1. The second-order valence-corrected chi connectivity index (χ2v) is 3.95. The van der Waals surface area contributed by atoms with Crippen molar-refractivity contribution in [2.75, 3.05) is 0 Å². The molecule has 0 aliphatic heterocycles. The smallest absolute Gasteiger partial charge is 0.287 e. The van der Waals surface area contributed by atoms with Crippen LogP contribution in [-0.2, 0) is 6.54 Å². The fourth-order valence-corrected chi connectivity index (χ4v) is 1.61. The molecule has 2 aromatic heterocycles. The van der Waals surface area contributed by atoms with E-state index < -0.39 is 0 Å². The van der Waals surface area contributed by atoms with Crippen LogP contribution in [0.5, 0.6) is 0 Å². The van der Waals surface area contributed by atoms with Gasteiger partial charge in [0, 0.05) is 12.4 Å². The lowest BCUT2D eigenvalue weighted by molar-refractivity contribution is 0.0910. The number of pyridine rings is 1. The molecule has 18 heavy (non-hydrogen) atoms. The van der Waals surface area contributed by atoms with Gasteiger partial charge in [-0.25, -0.2) is 0 Å². The van der Waals surface area contributed by atoms with Gasteiger partial charge in [-0.15, -0.1) is 0 Å². The van der Waals surface area contributed by atoms with Crippen molar-refractivity contribution in [1.29, 1.82) is 0 Å². The van der Waals surface area contributed by atoms with E-state index in [4.69, 9.17) is 10.2 Å². The van der Waals surface area contributed by atoms with E-state index >= 15 is 0 Å². The maximum Gasteiger partial charge on any atom is 0.287 e. The second-order valence-electron chi connectivity index (χ2n) is 3.95. The van der Waals surface area contributed by atoms with Gasteiger partial charge in [-0.3, -0.25) is 9.78 Å². The van der Waals surface area contributed by atoms with Crippen LogP contribution in [0.1, 0.15) is 34.8 Å². The number of hydrogen-bond donors (Lipinski definition) is 2. The largest absolute Gasteiger partial charge is 0.455 e. The predicted molar refractivity (Wildman–Crippen MR) is 66.7 cm³/mol. The van der Waals surface area contributed by atoms with E-state index in [1.807, 2.05) is 19.1 Å². The van der Waals surface area contributed by atoms with Crippen molar-refractivity contribution in [2.24, 2.45) is 5.73 Å². The average Bonchev–Trinajstić information content (AvgIpc) is 2.88. The summed E-state index contributed by atoms with van der Waals surface area (Å²) in [6.45, 7) is 2.19. The van der Waals surface area contributed by atoms with Gasteiger partial charge in [0.05, 0.1) is 12.6 Å². The minimum atomic E-state index is -0.251. The minimum Gasteiger partial charge on any atom is -0.455 e. The van der Waals surface area contributed by atoms with Crippen molar-refractivity contribution < 1.29 is 9.21 Å². The molecule has 94 valence electrons. The van der Waals surface area contributed by atoms with Gasteiger partial charge in [0.25, 0.3) is 5.91 Å². The van der Waals surface area contributed by atoms with Gasteiger partial charge < -0.3 is 15.5 Å². The first-order valence-electron chi connectivity index (χ1n) is 5.70. The Labute approximate surface area is 105 Å². The van der Waals surface area contributed by atoms with Crippen molar-refractivity contribution >= 4 is 5.91 Å². The molecule has 2 rings (SSSR count). The lowest BCUT2D eigenvalue weighted by Crippen LogP contribution is -2.26. The van der Waals surface area contributed by atoms with Crippen molar-refractivity contribution in [3.8, 4) is 0 Å². The number of furan rings is 1. The van der Waals surface area contributed by atoms with Crippen LogP contribution in [0.3, 0.4) is 0 Å². The summed E-state index contributed by atoms with van der Waals surface area (Å²) in [5, 5.41) is 2.85. The number of carbonyl (C=O) groups is 1. The van der Waals surface area contributed by atoms with Crippen LogP contribution in [0.2, 0.25) is 0 Å². The third kappa shape index (κ3) is 2.75. The molecule has 2 heterocycles. The molecule has 0 aliphatic carbocycles. The fraction of sp³-hybridized carbons (Fsp3) is 0.231. The van der Waals surface area contributed by atoms with Crippen LogP contribution < -0.4 is 11.1 Å². The summed E-state index contributed by atoms with van der Waals surface area (Å²) >= 11 is 0. The Morgan fingerprint density at radius 1 is 1.39 bits per heavy atom. The van der Waals surface area contributed by atoms with Gasteiger partial charge in [0.2, 0.25) is 0 Å². The number of hydrogen-bond acceptors (Lipinski definition) is 4. The summed E-state index contributed by atoms with van der Waals surface area (Å²) in [6.07, 6.45) is 3.38. The molecular weight excluding hydrogens is 230 g/mol. The number of nitrogens with zero attached hydrogens (tertiary/aromatic N) is 1. The van der Waals surface area contributed by atoms with Crippen molar-refractivity contribution in [3.05, 3.63) is 53.7 Å². The first kappa shape index (κ1) is 12.3. The third-order valence-corrected chi connectivity index (χ3v) is 2.64. The number of carbonyl (C=O) groups excluding carboxylic acids is 1. The number of amides is 1. The zero-order valence-electron chi connectivity index (χ0n) is 10.1. The Morgan fingerprint density at radius 3 is 2.72 bits per heavy atom. The fourth-order valence-electron chi connectivity index (χ4n) is 1.61. The highest BCUT2D eigenvalue weighted by atomic mass is 16.4. The van der Waals surface area contributed by atoms with E-state index in [2.05, 4.69) is 10.3 Å². The van der Waals surface area contributed by atoms with Crippen LogP contribution in [0.4, 0.5) is 0 Å². The SMILES string of the molecule is C[C@H](NC(=O)c1ccc(CN)o1)c1ccncc1. The average molecular weight is 245 g/mol. The van der Waals surface area contributed by atoms with Crippen molar-refractivity contribution in [2.45, 2.75) is 19.5 Å². The van der Waals surface area contributed by atoms with Crippen molar-refractivity contribution in [3.63, 3.8) is 0 Å². The van der Waals surface area contributed by atoms with Crippen LogP contribution >= 0.6 is 0 Å². The topological polar surface area (TPSA) is 81.2 Å². The van der Waals surface area contributed by atoms with Gasteiger partial charge >= 0.3 is 0 Å². The lowest BCUT2D eigenvalue weighted by atomic mass is 10.1. The molecule has 2 aromatic rings. The highest BCUT2D eigenvalue weighted by Gasteiger charge is 2.14. The molecule has 5 heteroatoms. The van der Waals surface area contributed by atoms with Gasteiger partial charge in [-0.2, -0.15) is 0 Å². The number of aromatic nitrogens is 1. The lowest BCUT2D eigenvalue weighted by Gasteiger charge is -2.12. The molecular formula is C13H15N3O2. The summed E-state index contributed by atoms with van der Waals surface area (Å²) in [4.78, 5) is 15.8. The quantitative estimate of drug-likeness (QED) is 0.857. The molecule has 0 spiro atoms. The standard InChI is InChI=1S/C13H15N3O2/c1-9(10-4-6-15-7-5-10)16-13(17)12-3-2-11(8-14)18-12/h2-7,9H,8,14H2,1H3,(H,16,17)/t9-/m0/s1.